The number of nitrogens with one attached hydrogen (secondary N) is 2. The minimum Gasteiger partial charge on any atom is -0.367 e. The van der Waals surface area contributed by atoms with Gasteiger partial charge in [-0.3, -0.25) is 4.79 Å². The smallest absolute Gasteiger partial charge is 0.252 e. The SMILES string of the molecule is CCC1CCCCC1Nc1cc(=O)[nH]c(C(C)C)n1. The summed E-state index contributed by atoms with van der Waals surface area (Å²) in [6.45, 7) is 6.32. The van der Waals surface area contributed by atoms with Gasteiger partial charge in [0, 0.05) is 18.0 Å². The van der Waals surface area contributed by atoms with E-state index in [1.165, 1.54) is 32.1 Å². The number of aromatic amines is 1. The lowest BCUT2D eigenvalue weighted by atomic mass is 9.83. The molecular formula is C15H25N3O. The van der Waals surface area contributed by atoms with Crippen molar-refractivity contribution in [3.63, 3.8) is 0 Å². The van der Waals surface area contributed by atoms with Crippen molar-refractivity contribution in [2.45, 2.75) is 64.8 Å². The molecule has 0 bridgehead atoms. The first-order valence-electron chi connectivity index (χ1n) is 7.48. The number of aromatic nitrogens is 2. The van der Waals surface area contributed by atoms with E-state index in [0.29, 0.717) is 12.0 Å². The van der Waals surface area contributed by atoms with Crippen molar-refractivity contribution in [2.24, 2.45) is 5.92 Å². The molecule has 2 unspecified atom stereocenters. The minimum absolute atomic E-state index is 0.0648. The lowest BCUT2D eigenvalue weighted by Gasteiger charge is -2.31. The summed E-state index contributed by atoms with van der Waals surface area (Å²) in [5.74, 6) is 2.44. The quantitative estimate of drug-likeness (QED) is 0.876. The van der Waals surface area contributed by atoms with Crippen LogP contribution >= 0.6 is 0 Å². The monoisotopic (exact) mass is 263 g/mol. The van der Waals surface area contributed by atoms with Crippen molar-refractivity contribution in [3.05, 3.63) is 22.2 Å². The van der Waals surface area contributed by atoms with Crippen LogP contribution in [0.2, 0.25) is 0 Å². The van der Waals surface area contributed by atoms with E-state index in [9.17, 15) is 4.79 Å². The van der Waals surface area contributed by atoms with Crippen LogP contribution in [-0.2, 0) is 0 Å². The van der Waals surface area contributed by atoms with Crippen molar-refractivity contribution in [2.75, 3.05) is 5.32 Å². The van der Waals surface area contributed by atoms with Gasteiger partial charge >= 0.3 is 0 Å². The predicted octanol–water partition coefficient (Wildman–Crippen LogP) is 3.27. The molecule has 4 heteroatoms. The molecule has 0 spiro atoms. The van der Waals surface area contributed by atoms with E-state index in [0.717, 1.165) is 11.6 Å². The van der Waals surface area contributed by atoms with Gasteiger partial charge in [-0.1, -0.05) is 40.0 Å². The molecule has 0 amide bonds. The molecule has 1 saturated carbocycles. The third-order valence-corrected chi connectivity index (χ3v) is 4.07. The van der Waals surface area contributed by atoms with E-state index >= 15 is 0 Å². The zero-order chi connectivity index (χ0) is 13.8. The van der Waals surface area contributed by atoms with Crippen LogP contribution in [0.25, 0.3) is 0 Å². The number of hydrogen-bond acceptors (Lipinski definition) is 3. The Hall–Kier alpha value is -1.32. The van der Waals surface area contributed by atoms with Crippen LogP contribution < -0.4 is 10.9 Å². The summed E-state index contributed by atoms with van der Waals surface area (Å²) in [5, 5.41) is 3.49. The molecule has 19 heavy (non-hydrogen) atoms. The van der Waals surface area contributed by atoms with Crippen molar-refractivity contribution in [1.29, 1.82) is 0 Å². The van der Waals surface area contributed by atoms with E-state index in [2.05, 4.69) is 22.2 Å². The summed E-state index contributed by atoms with van der Waals surface area (Å²) in [6.07, 6.45) is 6.27. The molecule has 1 aliphatic carbocycles. The molecule has 1 aliphatic rings. The van der Waals surface area contributed by atoms with Gasteiger partial charge in [0.25, 0.3) is 5.56 Å². The van der Waals surface area contributed by atoms with Gasteiger partial charge in [0.2, 0.25) is 0 Å². The highest BCUT2D eigenvalue weighted by molar-refractivity contribution is 5.35. The summed E-state index contributed by atoms with van der Waals surface area (Å²) in [5.41, 5.74) is -0.0648. The van der Waals surface area contributed by atoms with Gasteiger partial charge in [0.05, 0.1) is 0 Å². The van der Waals surface area contributed by atoms with E-state index in [-0.39, 0.29) is 11.5 Å². The Morgan fingerprint density at radius 3 is 2.84 bits per heavy atom. The summed E-state index contributed by atoms with van der Waals surface area (Å²) < 4.78 is 0. The van der Waals surface area contributed by atoms with Crippen LogP contribution in [0, 0.1) is 5.92 Å². The van der Waals surface area contributed by atoms with Crippen molar-refractivity contribution in [1.82, 2.24) is 9.97 Å². The second kappa shape index (κ2) is 6.22. The largest absolute Gasteiger partial charge is 0.367 e. The Morgan fingerprint density at radius 1 is 1.42 bits per heavy atom. The van der Waals surface area contributed by atoms with Gasteiger partial charge < -0.3 is 10.3 Å². The summed E-state index contributed by atoms with van der Waals surface area (Å²) in [6, 6.07) is 2.04. The molecule has 1 aromatic rings. The number of rotatable bonds is 4. The maximum atomic E-state index is 11.7. The van der Waals surface area contributed by atoms with Gasteiger partial charge in [-0.25, -0.2) is 4.98 Å². The molecular weight excluding hydrogens is 238 g/mol. The van der Waals surface area contributed by atoms with E-state index < -0.39 is 0 Å². The average molecular weight is 263 g/mol. The normalized spacial score (nSPS) is 23.6. The number of anilines is 1. The Morgan fingerprint density at radius 2 is 2.16 bits per heavy atom. The van der Waals surface area contributed by atoms with Crippen LogP contribution in [-0.4, -0.2) is 16.0 Å². The Balaban J connectivity index is 2.15. The molecule has 0 aliphatic heterocycles. The fraction of sp³-hybridized carbons (Fsp3) is 0.733. The lowest BCUT2D eigenvalue weighted by Crippen LogP contribution is -2.32. The summed E-state index contributed by atoms with van der Waals surface area (Å²) >= 11 is 0. The molecule has 0 aromatic carbocycles. The summed E-state index contributed by atoms with van der Waals surface area (Å²) in [4.78, 5) is 19.0. The topological polar surface area (TPSA) is 57.8 Å². The van der Waals surface area contributed by atoms with E-state index in [1.807, 2.05) is 13.8 Å². The first-order chi connectivity index (χ1) is 9.10. The van der Waals surface area contributed by atoms with Gasteiger partial charge in [-0.2, -0.15) is 0 Å². The Labute approximate surface area is 115 Å². The van der Waals surface area contributed by atoms with Gasteiger partial charge in [0.15, 0.2) is 0 Å². The molecule has 4 nitrogen and oxygen atoms in total. The highest BCUT2D eigenvalue weighted by Gasteiger charge is 2.23. The lowest BCUT2D eigenvalue weighted by molar-refractivity contribution is 0.316. The van der Waals surface area contributed by atoms with E-state index in [1.54, 1.807) is 6.07 Å². The maximum absolute atomic E-state index is 11.7. The van der Waals surface area contributed by atoms with Crippen LogP contribution in [0.3, 0.4) is 0 Å². The Bertz CT molecular complexity index is 467. The van der Waals surface area contributed by atoms with Gasteiger partial charge in [0.1, 0.15) is 11.6 Å². The van der Waals surface area contributed by atoms with Crippen molar-refractivity contribution < 1.29 is 0 Å². The maximum Gasteiger partial charge on any atom is 0.252 e. The molecule has 1 aromatic heterocycles. The minimum atomic E-state index is -0.0648. The molecule has 2 atom stereocenters. The van der Waals surface area contributed by atoms with Crippen LogP contribution in [0.5, 0.6) is 0 Å². The molecule has 1 heterocycles. The molecule has 106 valence electrons. The Kier molecular flexibility index (Phi) is 4.61. The van der Waals surface area contributed by atoms with E-state index in [4.69, 9.17) is 0 Å². The van der Waals surface area contributed by atoms with Crippen LogP contribution in [0.4, 0.5) is 5.82 Å². The molecule has 1 fully saturated rings. The molecule has 2 rings (SSSR count). The molecule has 0 radical (unpaired) electrons. The first-order valence-corrected chi connectivity index (χ1v) is 7.48. The van der Waals surface area contributed by atoms with Crippen molar-refractivity contribution >= 4 is 5.82 Å². The first kappa shape index (κ1) is 14.1. The second-order valence-corrected chi connectivity index (χ2v) is 5.87. The highest BCUT2D eigenvalue weighted by atomic mass is 16.1. The highest BCUT2D eigenvalue weighted by Crippen LogP contribution is 2.28. The number of nitrogens with zero attached hydrogens (tertiary/aromatic N) is 1. The standard InChI is InChI=1S/C15H25N3O/c1-4-11-7-5-6-8-12(11)16-13-9-14(19)18-15(17-13)10(2)3/h9-12H,4-8H2,1-3H3,(H2,16,17,18,19). The molecule has 0 saturated heterocycles. The fourth-order valence-corrected chi connectivity index (χ4v) is 2.90. The van der Waals surface area contributed by atoms with Crippen LogP contribution in [0.15, 0.2) is 10.9 Å². The molecule has 2 N–H and O–H groups in total. The van der Waals surface area contributed by atoms with Gasteiger partial charge in [-0.15, -0.1) is 0 Å². The number of hydrogen-bond donors (Lipinski definition) is 2. The summed E-state index contributed by atoms with van der Waals surface area (Å²) in [7, 11) is 0. The predicted molar refractivity (Wildman–Crippen MR) is 78.6 cm³/mol. The fourth-order valence-electron chi connectivity index (χ4n) is 2.90. The second-order valence-electron chi connectivity index (χ2n) is 5.87. The van der Waals surface area contributed by atoms with Crippen LogP contribution in [0.1, 0.15) is 64.6 Å². The zero-order valence-corrected chi connectivity index (χ0v) is 12.2. The average Bonchev–Trinajstić information content (AvgIpc) is 2.38. The zero-order valence-electron chi connectivity index (χ0n) is 12.2. The number of H-pyrrole nitrogens is 1. The van der Waals surface area contributed by atoms with Crippen molar-refractivity contribution in [3.8, 4) is 0 Å². The third kappa shape index (κ3) is 3.58. The third-order valence-electron chi connectivity index (χ3n) is 4.07. The van der Waals surface area contributed by atoms with Gasteiger partial charge in [-0.05, 0) is 18.8 Å².